The Labute approximate surface area is 166 Å². The van der Waals surface area contributed by atoms with Crippen LogP contribution in [0, 0.1) is 11.8 Å². The van der Waals surface area contributed by atoms with Crippen LogP contribution in [0.5, 0.6) is 0 Å². The van der Waals surface area contributed by atoms with Crippen LogP contribution in [0.3, 0.4) is 0 Å². The zero-order valence-electron chi connectivity index (χ0n) is 17.2. The first-order chi connectivity index (χ1) is 13.3. The minimum absolute atomic E-state index is 0.141. The summed E-state index contributed by atoms with van der Waals surface area (Å²) >= 11 is 0. The van der Waals surface area contributed by atoms with Gasteiger partial charge in [0.25, 0.3) is 0 Å². The van der Waals surface area contributed by atoms with E-state index in [0.29, 0.717) is 37.5 Å². The monoisotopic (exact) mass is 417 g/mol. The Morgan fingerprint density at radius 3 is 2.50 bits per heavy atom. The second-order valence-corrected chi connectivity index (χ2v) is 9.07. The molecule has 1 amide bonds. The fourth-order valence-electron chi connectivity index (χ4n) is 4.44. The number of piperidine rings is 1. The van der Waals surface area contributed by atoms with E-state index in [2.05, 4.69) is 0 Å². The lowest BCUT2D eigenvalue weighted by Gasteiger charge is -2.45. The summed E-state index contributed by atoms with van der Waals surface area (Å²) in [4.78, 5) is 36.4. The van der Waals surface area contributed by atoms with Gasteiger partial charge in [-0.2, -0.15) is 0 Å². The predicted octanol–water partition coefficient (Wildman–Crippen LogP) is 3.69. The number of carbonyl (C=O) groups excluding carboxylic acids is 2. The molecule has 1 aliphatic carbocycles. The van der Waals surface area contributed by atoms with E-state index in [4.69, 9.17) is 14.0 Å². The smallest absolute Gasteiger partial charge is 0.410 e. The van der Waals surface area contributed by atoms with Crippen LogP contribution in [0.15, 0.2) is 10.9 Å². The van der Waals surface area contributed by atoms with Crippen LogP contribution in [-0.2, 0) is 23.4 Å². The Balaban J connectivity index is 2.26. The summed E-state index contributed by atoms with van der Waals surface area (Å²) in [7, 11) is -2.49. The maximum atomic E-state index is 12.6. The first-order valence-corrected chi connectivity index (χ1v) is 11.6. The zero-order chi connectivity index (χ0) is 20.9. The van der Waals surface area contributed by atoms with Crippen molar-refractivity contribution in [3.8, 4) is 0 Å². The third kappa shape index (κ3) is 4.97. The number of carbonyl (C=O) groups is 2. The van der Waals surface area contributed by atoms with E-state index in [1.165, 1.54) is 12.0 Å². The number of rotatable bonds is 6. The van der Waals surface area contributed by atoms with Crippen molar-refractivity contribution < 1.29 is 33.0 Å². The summed E-state index contributed by atoms with van der Waals surface area (Å²) in [6.45, 7) is 6.13. The second kappa shape index (κ2) is 9.90. The lowest BCUT2D eigenvalue weighted by atomic mass is 9.71. The number of allylic oxidation sites excluding steroid dienone is 2. The Bertz CT molecular complexity index is 663. The number of likely N-dealkylation sites (tertiary alicyclic amines) is 1. The molecule has 0 radical (unpaired) electrons. The predicted molar refractivity (Wildman–Crippen MR) is 104 cm³/mol. The molecule has 1 N–H and O–H groups in total. The van der Waals surface area contributed by atoms with Crippen LogP contribution >= 0.6 is 7.60 Å². The summed E-state index contributed by atoms with van der Waals surface area (Å²) in [5.41, 5.74) is 0.956. The maximum Gasteiger partial charge on any atom is 0.410 e. The number of hydrogen-bond donors (Lipinski definition) is 1. The second-order valence-electron chi connectivity index (χ2n) is 7.23. The van der Waals surface area contributed by atoms with E-state index < -0.39 is 25.7 Å². The third-order valence-electron chi connectivity index (χ3n) is 5.68. The molecular formula is C19H32NO7P. The van der Waals surface area contributed by atoms with Crippen molar-refractivity contribution in [2.45, 2.75) is 58.9 Å². The first kappa shape index (κ1) is 22.9. The maximum absolute atomic E-state index is 12.6. The zero-order valence-corrected chi connectivity index (χ0v) is 18.1. The van der Waals surface area contributed by atoms with Gasteiger partial charge in [-0.1, -0.05) is 12.5 Å². The number of amides is 1. The SMILES string of the molecule is CCOC(=O)C1CC2CC(=C(CC)P(=O)(O)OCC)CCC2CN1C(=O)OC. The van der Waals surface area contributed by atoms with Crippen LogP contribution in [0.1, 0.15) is 52.9 Å². The van der Waals surface area contributed by atoms with Gasteiger partial charge in [0.1, 0.15) is 6.04 Å². The Hall–Kier alpha value is -1.37. The minimum atomic E-state index is -3.79. The third-order valence-corrected chi connectivity index (χ3v) is 7.60. The number of fused-ring (bicyclic) bond motifs is 1. The molecule has 0 aromatic carbocycles. The van der Waals surface area contributed by atoms with Crippen molar-refractivity contribution in [3.05, 3.63) is 10.9 Å². The molecule has 2 fully saturated rings. The van der Waals surface area contributed by atoms with Crippen LogP contribution < -0.4 is 0 Å². The van der Waals surface area contributed by atoms with E-state index in [1.54, 1.807) is 13.8 Å². The topological polar surface area (TPSA) is 102 Å². The summed E-state index contributed by atoms with van der Waals surface area (Å²) in [6.07, 6.45) is 2.51. The van der Waals surface area contributed by atoms with Crippen molar-refractivity contribution in [1.82, 2.24) is 4.90 Å². The van der Waals surface area contributed by atoms with E-state index in [-0.39, 0.29) is 25.0 Å². The van der Waals surface area contributed by atoms with Crippen molar-refractivity contribution in [2.24, 2.45) is 11.8 Å². The molecular weight excluding hydrogens is 385 g/mol. The largest absolute Gasteiger partial charge is 0.464 e. The normalized spacial score (nSPS) is 28.8. The molecule has 1 heterocycles. The lowest BCUT2D eigenvalue weighted by molar-refractivity contribution is -0.152. The van der Waals surface area contributed by atoms with Gasteiger partial charge in [0.05, 0.1) is 20.3 Å². The fraction of sp³-hybridized carbons (Fsp3) is 0.789. The van der Waals surface area contributed by atoms with Gasteiger partial charge in [0, 0.05) is 11.9 Å². The molecule has 8 nitrogen and oxygen atoms in total. The molecule has 2 aliphatic rings. The number of hydrogen-bond acceptors (Lipinski definition) is 6. The van der Waals surface area contributed by atoms with Crippen molar-refractivity contribution in [2.75, 3.05) is 26.9 Å². The Kier molecular flexibility index (Phi) is 8.10. The quantitative estimate of drug-likeness (QED) is 0.519. The average molecular weight is 417 g/mol. The van der Waals surface area contributed by atoms with Crippen LogP contribution in [0.4, 0.5) is 4.79 Å². The lowest BCUT2D eigenvalue weighted by Crippen LogP contribution is -2.54. The fourth-order valence-corrected chi connectivity index (χ4v) is 5.94. The van der Waals surface area contributed by atoms with Crippen molar-refractivity contribution >= 4 is 19.7 Å². The molecule has 160 valence electrons. The highest BCUT2D eigenvalue weighted by Crippen LogP contribution is 2.56. The molecule has 0 aromatic heterocycles. The number of ether oxygens (including phenoxy) is 2. The minimum Gasteiger partial charge on any atom is -0.464 e. The van der Waals surface area contributed by atoms with Gasteiger partial charge < -0.3 is 18.9 Å². The Morgan fingerprint density at radius 1 is 1.21 bits per heavy atom. The van der Waals surface area contributed by atoms with Crippen molar-refractivity contribution in [3.63, 3.8) is 0 Å². The van der Waals surface area contributed by atoms with Gasteiger partial charge in [0.2, 0.25) is 0 Å². The molecule has 0 spiro atoms. The molecule has 1 saturated heterocycles. The number of nitrogens with zero attached hydrogens (tertiary/aromatic N) is 1. The molecule has 2 rings (SSSR count). The van der Waals surface area contributed by atoms with E-state index >= 15 is 0 Å². The first-order valence-electron chi connectivity index (χ1n) is 9.98. The number of esters is 1. The molecule has 28 heavy (non-hydrogen) atoms. The van der Waals surface area contributed by atoms with E-state index in [1.807, 2.05) is 6.92 Å². The average Bonchev–Trinajstić information content (AvgIpc) is 2.66. The standard InChI is InChI=1S/C19H32NO7P/c1-5-17(28(23,24)27-7-3)13-8-9-14-12-20(19(22)25-4)16(11-15(14)10-13)18(21)26-6-2/h14-16H,5-12H2,1-4H3,(H,23,24). The highest BCUT2D eigenvalue weighted by atomic mass is 31.2. The van der Waals surface area contributed by atoms with Gasteiger partial charge in [-0.15, -0.1) is 0 Å². The Morgan fingerprint density at radius 2 is 1.93 bits per heavy atom. The van der Waals surface area contributed by atoms with Gasteiger partial charge in [-0.3, -0.25) is 9.46 Å². The molecule has 1 aliphatic heterocycles. The highest BCUT2D eigenvalue weighted by Gasteiger charge is 2.44. The van der Waals surface area contributed by atoms with Gasteiger partial charge in [-0.05, 0) is 57.8 Å². The summed E-state index contributed by atoms with van der Waals surface area (Å²) in [5.74, 6) is -0.0700. The van der Waals surface area contributed by atoms with Gasteiger partial charge >= 0.3 is 19.7 Å². The molecule has 4 unspecified atom stereocenters. The molecule has 9 heteroatoms. The van der Waals surface area contributed by atoms with Crippen LogP contribution in [-0.4, -0.2) is 54.8 Å². The molecule has 0 bridgehead atoms. The van der Waals surface area contributed by atoms with Gasteiger partial charge in [-0.25, -0.2) is 9.59 Å². The summed E-state index contributed by atoms with van der Waals surface area (Å²) in [5, 5.41) is 0.496. The molecule has 0 aromatic rings. The van der Waals surface area contributed by atoms with Crippen LogP contribution in [0.25, 0.3) is 0 Å². The molecule has 1 saturated carbocycles. The summed E-state index contributed by atoms with van der Waals surface area (Å²) < 4.78 is 27.7. The van der Waals surface area contributed by atoms with E-state index in [0.717, 1.165) is 12.0 Å². The highest BCUT2D eigenvalue weighted by molar-refractivity contribution is 7.57. The van der Waals surface area contributed by atoms with Crippen LogP contribution in [0.2, 0.25) is 0 Å². The van der Waals surface area contributed by atoms with Crippen molar-refractivity contribution in [1.29, 1.82) is 0 Å². The number of methoxy groups -OCH3 is 1. The van der Waals surface area contributed by atoms with Gasteiger partial charge in [0.15, 0.2) is 0 Å². The molecule has 4 atom stereocenters. The van der Waals surface area contributed by atoms with E-state index in [9.17, 15) is 19.0 Å². The summed E-state index contributed by atoms with van der Waals surface area (Å²) in [6, 6.07) is -0.689.